The first-order valence-corrected chi connectivity index (χ1v) is 18.6. The first kappa shape index (κ1) is 53.0. The molecule has 276 valence electrons. The largest absolute Gasteiger partial charge is 1.00 e. The molecule has 0 unspecified atom stereocenters. The van der Waals surface area contributed by atoms with Gasteiger partial charge in [-0.05, 0) is 48.5 Å². The molecule has 16 nitrogen and oxygen atoms in total. The van der Waals surface area contributed by atoms with Gasteiger partial charge in [0.25, 0.3) is 0 Å². The van der Waals surface area contributed by atoms with Crippen LogP contribution in [0.4, 0.5) is 11.4 Å². The van der Waals surface area contributed by atoms with E-state index in [9.17, 15) is 8.42 Å². The van der Waals surface area contributed by atoms with Gasteiger partial charge in [0.1, 0.15) is 0 Å². The molecule has 22 heteroatoms. The predicted molar refractivity (Wildman–Crippen MR) is 152 cm³/mol. The van der Waals surface area contributed by atoms with Gasteiger partial charge < -0.3 is 10.6 Å². The van der Waals surface area contributed by atoms with Crippen LogP contribution in [0.3, 0.4) is 0 Å². The van der Waals surface area contributed by atoms with Gasteiger partial charge in [-0.15, -0.1) is 20.5 Å². The number of rotatable bonds is 6. The van der Waals surface area contributed by atoms with Crippen LogP contribution >= 0.6 is 0 Å². The van der Waals surface area contributed by atoms with Crippen LogP contribution in [0.2, 0.25) is 0 Å². The number of anilines is 2. The zero-order valence-corrected chi connectivity index (χ0v) is 31.8. The van der Waals surface area contributed by atoms with E-state index in [1.165, 1.54) is 0 Å². The van der Waals surface area contributed by atoms with Crippen LogP contribution in [0.15, 0.2) is 97.8 Å². The van der Waals surface area contributed by atoms with Crippen molar-refractivity contribution in [2.45, 2.75) is 13.1 Å². The van der Waals surface area contributed by atoms with Gasteiger partial charge in [-0.2, -0.15) is 0 Å². The molecule has 0 fully saturated rings. The summed E-state index contributed by atoms with van der Waals surface area (Å²) in [6, 6.07) is 19.5. The average Bonchev–Trinajstić information content (AvgIpc) is 2.95. The monoisotopic (exact) mass is 938 g/mol. The van der Waals surface area contributed by atoms with Gasteiger partial charge in [-0.25, -0.2) is 37.3 Å². The van der Waals surface area contributed by atoms with E-state index in [2.05, 4.69) is 30.6 Å². The Bertz CT molecular complexity index is 1130. The van der Waals surface area contributed by atoms with Crippen molar-refractivity contribution in [3.05, 3.63) is 109 Å². The molecule has 0 radical (unpaired) electrons. The summed E-state index contributed by atoms with van der Waals surface area (Å²) in [6.45, 7) is 1.46. The van der Waals surface area contributed by atoms with Gasteiger partial charge >= 0.3 is 44.8 Å². The fraction of sp³-hybridized carbons (Fsp3) is 0.231. The standard InChI is InChI=1S/2C11H11N3.2C2H6OS.2Ag.2ClHO4/c2*1-2-7-13-11(4-1)9-14-10-5-3-6-12-8-10;2*1-4(2)3;;;2*2-1(3,4)5/h2*1-8,14H,9H2;2*1-2H3;;;2*(H,2,3,4,5)/q;;;;2*+1;;/p-2. The molecule has 4 rings (SSSR count). The summed E-state index contributed by atoms with van der Waals surface area (Å²) < 4.78 is 87.1. The summed E-state index contributed by atoms with van der Waals surface area (Å²) in [5.74, 6) is 0. The summed E-state index contributed by atoms with van der Waals surface area (Å²) in [5.41, 5.74) is 4.07. The molecule has 2 N–H and O–H groups in total. The Morgan fingerprint density at radius 1 is 0.542 bits per heavy atom. The van der Waals surface area contributed by atoms with Gasteiger partial charge in [0.05, 0.1) is 35.9 Å². The Morgan fingerprint density at radius 3 is 1.04 bits per heavy atom. The first-order valence-electron chi connectivity index (χ1n) is 12.2. The van der Waals surface area contributed by atoms with Gasteiger partial charge in [-0.3, -0.25) is 28.4 Å². The molecule has 4 aromatic heterocycles. The van der Waals surface area contributed by atoms with Crippen LogP contribution in [0, 0.1) is 20.5 Å². The van der Waals surface area contributed by atoms with E-state index >= 15 is 0 Å². The van der Waals surface area contributed by atoms with Crippen LogP contribution in [-0.2, 0) is 79.4 Å². The number of pyridine rings is 4. The Hall–Kier alpha value is -1.76. The molecule has 0 saturated heterocycles. The normalized spacial score (nSPS) is 9.62. The van der Waals surface area contributed by atoms with Crippen molar-refractivity contribution in [3.63, 3.8) is 0 Å². The van der Waals surface area contributed by atoms with Crippen molar-refractivity contribution in [1.29, 1.82) is 0 Å². The summed E-state index contributed by atoms with van der Waals surface area (Å²) in [6.07, 6.45) is 17.2. The molecule has 4 heterocycles. The maximum Gasteiger partial charge on any atom is 1.00 e. The maximum atomic E-state index is 9.56. The van der Waals surface area contributed by atoms with E-state index < -0.39 is 42.1 Å². The zero-order chi connectivity index (χ0) is 35.4. The van der Waals surface area contributed by atoms with Crippen LogP contribution < -0.4 is 47.9 Å². The quantitative estimate of drug-likeness (QED) is 0.171. The average molecular weight is 941 g/mol. The number of hydrogen-bond acceptors (Lipinski definition) is 16. The third kappa shape index (κ3) is 51.1. The van der Waals surface area contributed by atoms with Crippen molar-refractivity contribution in [3.8, 4) is 0 Å². The minimum absolute atomic E-state index is 0. The zero-order valence-electron chi connectivity index (χ0n) is 25.7. The summed E-state index contributed by atoms with van der Waals surface area (Å²) in [4.78, 5) is 16.4. The molecule has 0 aromatic carbocycles. The SMILES string of the molecule is CS(C)=O.CS(C)=O.[Ag+].[Ag+].[O-][Cl+3]([O-])([O-])[O-].[O-][Cl+3]([O-])([O-])[O-].c1ccc(CNc2cccnc2)nc1.c1ccc(CNc2cccnc2)nc1. The van der Waals surface area contributed by atoms with E-state index in [-0.39, 0.29) is 44.8 Å². The predicted octanol–water partition coefficient (Wildman–Crippen LogP) is -5.35. The number of nitrogens with zero attached hydrogens (tertiary/aromatic N) is 4. The second kappa shape index (κ2) is 32.4. The van der Waals surface area contributed by atoms with Gasteiger partial charge in [0.15, 0.2) is 0 Å². The number of aromatic nitrogens is 4. The van der Waals surface area contributed by atoms with Crippen LogP contribution in [0.25, 0.3) is 0 Å². The van der Waals surface area contributed by atoms with Crippen molar-refractivity contribution in [1.82, 2.24) is 19.9 Å². The molecule has 0 bridgehead atoms. The second-order valence-electron chi connectivity index (χ2n) is 8.07. The summed E-state index contributed by atoms with van der Waals surface area (Å²) in [5, 5.41) is 6.47. The van der Waals surface area contributed by atoms with E-state index in [1.54, 1.807) is 62.2 Å². The van der Waals surface area contributed by atoms with Crippen molar-refractivity contribution in [2.24, 2.45) is 0 Å². The molecule has 0 amide bonds. The number of nitrogens with one attached hydrogen (secondary N) is 2. The molecule has 0 saturated carbocycles. The molecule has 48 heavy (non-hydrogen) atoms. The Labute approximate surface area is 319 Å². The molecular weight excluding hydrogens is 907 g/mol. The molecule has 0 spiro atoms. The first-order chi connectivity index (χ1) is 21.4. The number of halogens is 2. The van der Waals surface area contributed by atoms with E-state index in [4.69, 9.17) is 37.3 Å². The van der Waals surface area contributed by atoms with Crippen LogP contribution in [-0.4, -0.2) is 53.4 Å². The van der Waals surface area contributed by atoms with Gasteiger partial charge in [0.2, 0.25) is 0 Å². The van der Waals surface area contributed by atoms with Crippen molar-refractivity contribution >= 4 is 33.0 Å². The molecular formula is C26H34Ag2Cl2N6O10S2. The Balaban J connectivity index is -0.000000265. The summed E-state index contributed by atoms with van der Waals surface area (Å²) in [7, 11) is -11.1. The van der Waals surface area contributed by atoms with Crippen molar-refractivity contribution in [2.75, 3.05) is 35.7 Å². The fourth-order valence-corrected chi connectivity index (χ4v) is 2.33. The van der Waals surface area contributed by atoms with Gasteiger partial charge in [-0.1, -0.05) is 12.1 Å². The smallest absolute Gasteiger partial charge is 0.378 e. The third-order valence-corrected chi connectivity index (χ3v) is 3.72. The summed E-state index contributed by atoms with van der Waals surface area (Å²) >= 11 is 0. The third-order valence-electron chi connectivity index (χ3n) is 3.72. The minimum Gasteiger partial charge on any atom is -0.378 e. The van der Waals surface area contributed by atoms with Crippen molar-refractivity contribution < 1.29 is 111 Å². The molecule has 0 aliphatic rings. The molecule has 4 aromatic rings. The second-order valence-corrected chi connectivity index (χ2v) is 12.5. The van der Waals surface area contributed by atoms with Crippen LogP contribution in [0.1, 0.15) is 11.4 Å². The Morgan fingerprint density at radius 2 is 0.833 bits per heavy atom. The topological polar surface area (TPSA) is 294 Å². The van der Waals surface area contributed by atoms with E-state index in [0.717, 1.165) is 35.9 Å². The molecule has 0 aliphatic carbocycles. The van der Waals surface area contributed by atoms with Crippen LogP contribution in [0.5, 0.6) is 0 Å². The maximum absolute atomic E-state index is 9.56. The van der Waals surface area contributed by atoms with E-state index in [1.807, 2.05) is 60.7 Å². The Kier molecular flexibility index (Phi) is 35.9. The minimum atomic E-state index is -4.94. The van der Waals surface area contributed by atoms with E-state index in [0.29, 0.717) is 0 Å². The molecule has 0 aliphatic heterocycles. The number of hydrogen-bond donors (Lipinski definition) is 2. The molecule has 0 atom stereocenters. The fourth-order valence-electron chi connectivity index (χ4n) is 2.33. The van der Waals surface area contributed by atoms with Gasteiger partial charge in [0, 0.05) is 83.8 Å².